The molecule has 0 spiro atoms. The van der Waals surface area contributed by atoms with Gasteiger partial charge in [0, 0.05) is 36.1 Å². The maximum absolute atomic E-state index is 6.65. The zero-order chi connectivity index (χ0) is 26.8. The standard InChI is InChI=1S/C32H40ClN5/c1-6-28(29-11-8-21(3)16-22(29)4)31-30(33)20-34-32(36-31)35-25-17-24(23-9-10-23)18-27(19-25)38-14-12-26(13-15-38)37(5)7-2/h6,8,11,16-20,23,26H,7,9-10,12-15H2,1-5H3,(H,34,35,36)/b28-6+. The molecule has 1 aliphatic heterocycles. The Bertz CT molecular complexity index is 1320. The molecule has 1 aromatic heterocycles. The van der Waals surface area contributed by atoms with Crippen LogP contribution in [0.3, 0.4) is 0 Å². The minimum absolute atomic E-state index is 0.552. The van der Waals surface area contributed by atoms with Crippen molar-refractivity contribution in [2.75, 3.05) is 36.9 Å². The molecule has 38 heavy (non-hydrogen) atoms. The van der Waals surface area contributed by atoms with Crippen LogP contribution in [0, 0.1) is 13.8 Å². The third-order valence-electron chi connectivity index (χ3n) is 8.16. The van der Waals surface area contributed by atoms with Crippen LogP contribution >= 0.6 is 11.6 Å². The summed E-state index contributed by atoms with van der Waals surface area (Å²) in [5, 5.41) is 4.07. The molecule has 1 saturated carbocycles. The number of aromatic nitrogens is 2. The summed E-state index contributed by atoms with van der Waals surface area (Å²) in [4.78, 5) is 14.5. The fourth-order valence-electron chi connectivity index (χ4n) is 5.65. The number of hydrogen-bond acceptors (Lipinski definition) is 5. The normalized spacial score (nSPS) is 16.8. The van der Waals surface area contributed by atoms with Gasteiger partial charge in [-0.25, -0.2) is 9.97 Å². The number of allylic oxidation sites excluding steroid dienone is 1. The Hall–Kier alpha value is -2.89. The number of nitrogens with one attached hydrogen (secondary N) is 1. The van der Waals surface area contributed by atoms with Gasteiger partial charge >= 0.3 is 0 Å². The fourth-order valence-corrected chi connectivity index (χ4v) is 5.84. The van der Waals surface area contributed by atoms with E-state index in [1.165, 1.54) is 48.1 Å². The van der Waals surface area contributed by atoms with Gasteiger partial charge in [-0.05, 0) is 101 Å². The summed E-state index contributed by atoms with van der Waals surface area (Å²) in [5.74, 6) is 1.23. The van der Waals surface area contributed by atoms with Gasteiger partial charge in [0.05, 0.1) is 16.9 Å². The number of halogens is 1. The summed E-state index contributed by atoms with van der Waals surface area (Å²) >= 11 is 6.65. The summed E-state index contributed by atoms with van der Waals surface area (Å²) in [7, 11) is 2.25. The van der Waals surface area contributed by atoms with Gasteiger partial charge in [0.2, 0.25) is 5.95 Å². The van der Waals surface area contributed by atoms with Crippen molar-refractivity contribution in [1.29, 1.82) is 0 Å². The summed E-state index contributed by atoms with van der Waals surface area (Å²) in [6.07, 6.45) is 8.74. The van der Waals surface area contributed by atoms with E-state index < -0.39 is 0 Å². The highest BCUT2D eigenvalue weighted by atomic mass is 35.5. The van der Waals surface area contributed by atoms with Crippen LogP contribution in [-0.2, 0) is 0 Å². The third-order valence-corrected chi connectivity index (χ3v) is 8.43. The highest BCUT2D eigenvalue weighted by Gasteiger charge is 2.27. The van der Waals surface area contributed by atoms with Crippen LogP contribution in [0.4, 0.5) is 17.3 Å². The summed E-state index contributed by atoms with van der Waals surface area (Å²) in [6, 6.07) is 14.1. The van der Waals surface area contributed by atoms with E-state index in [2.05, 4.69) is 90.4 Å². The highest BCUT2D eigenvalue weighted by molar-refractivity contribution is 6.32. The fraction of sp³-hybridized carbons (Fsp3) is 0.438. The quantitative estimate of drug-likeness (QED) is 0.323. The SMILES string of the molecule is C/C=C(\c1ccc(C)cc1C)c1nc(Nc2cc(C3CC3)cc(N3CCC(N(C)CC)CC3)c2)ncc1Cl. The van der Waals surface area contributed by atoms with E-state index in [0.717, 1.165) is 42.2 Å². The molecular weight excluding hydrogens is 490 g/mol. The molecule has 0 amide bonds. The lowest BCUT2D eigenvalue weighted by molar-refractivity contribution is 0.218. The van der Waals surface area contributed by atoms with Gasteiger partial charge in [-0.1, -0.05) is 48.4 Å². The molecule has 2 aromatic carbocycles. The van der Waals surface area contributed by atoms with E-state index >= 15 is 0 Å². The van der Waals surface area contributed by atoms with Crippen molar-refractivity contribution in [3.63, 3.8) is 0 Å². The Morgan fingerprint density at radius 1 is 1.11 bits per heavy atom. The van der Waals surface area contributed by atoms with Gasteiger partial charge in [0.1, 0.15) is 0 Å². The number of aryl methyl sites for hydroxylation is 2. The molecule has 5 rings (SSSR count). The smallest absolute Gasteiger partial charge is 0.227 e. The number of benzene rings is 2. The molecular formula is C32H40ClN5. The first-order chi connectivity index (χ1) is 18.4. The monoisotopic (exact) mass is 529 g/mol. The number of rotatable bonds is 8. The van der Waals surface area contributed by atoms with Crippen LogP contribution in [0.15, 0.2) is 48.7 Å². The molecule has 3 aromatic rings. The van der Waals surface area contributed by atoms with Gasteiger partial charge in [-0.3, -0.25) is 0 Å². The molecule has 5 nitrogen and oxygen atoms in total. The van der Waals surface area contributed by atoms with Crippen LogP contribution in [0.1, 0.15) is 73.4 Å². The van der Waals surface area contributed by atoms with Gasteiger partial charge in [-0.15, -0.1) is 0 Å². The number of hydrogen-bond donors (Lipinski definition) is 1. The molecule has 2 aliphatic rings. The average Bonchev–Trinajstić information content (AvgIpc) is 3.77. The van der Waals surface area contributed by atoms with Gasteiger partial charge in [0.15, 0.2) is 0 Å². The van der Waals surface area contributed by atoms with E-state index in [1.807, 2.05) is 6.92 Å². The number of piperidine rings is 1. The summed E-state index contributed by atoms with van der Waals surface area (Å²) < 4.78 is 0. The summed E-state index contributed by atoms with van der Waals surface area (Å²) in [5.41, 5.74) is 9.11. The molecule has 0 radical (unpaired) electrons. The van der Waals surface area contributed by atoms with Crippen LogP contribution < -0.4 is 10.2 Å². The molecule has 1 saturated heterocycles. The minimum atomic E-state index is 0.552. The first-order valence-electron chi connectivity index (χ1n) is 14.0. The van der Waals surface area contributed by atoms with Crippen LogP contribution in [0.25, 0.3) is 5.57 Å². The molecule has 6 heteroatoms. The zero-order valence-corrected chi connectivity index (χ0v) is 24.1. The van der Waals surface area contributed by atoms with Crippen molar-refractivity contribution >= 4 is 34.5 Å². The van der Waals surface area contributed by atoms with E-state index in [4.69, 9.17) is 16.6 Å². The summed E-state index contributed by atoms with van der Waals surface area (Å²) in [6.45, 7) is 11.8. The van der Waals surface area contributed by atoms with E-state index in [9.17, 15) is 0 Å². The first kappa shape index (κ1) is 26.7. The molecule has 200 valence electrons. The second-order valence-electron chi connectivity index (χ2n) is 10.9. The second-order valence-corrected chi connectivity index (χ2v) is 11.3. The largest absolute Gasteiger partial charge is 0.371 e. The molecule has 1 aliphatic carbocycles. The molecule has 1 N–H and O–H groups in total. The molecule has 2 heterocycles. The highest BCUT2D eigenvalue weighted by Crippen LogP contribution is 2.43. The molecule has 2 fully saturated rings. The van der Waals surface area contributed by atoms with Crippen molar-refractivity contribution in [2.24, 2.45) is 0 Å². The lowest BCUT2D eigenvalue weighted by atomic mass is 9.96. The van der Waals surface area contributed by atoms with Crippen molar-refractivity contribution in [2.45, 2.75) is 65.3 Å². The zero-order valence-electron chi connectivity index (χ0n) is 23.4. The number of anilines is 3. The Balaban J connectivity index is 1.41. The van der Waals surface area contributed by atoms with Crippen LogP contribution in [0.5, 0.6) is 0 Å². The van der Waals surface area contributed by atoms with Crippen molar-refractivity contribution in [3.8, 4) is 0 Å². The molecule has 0 bridgehead atoms. The van der Waals surface area contributed by atoms with E-state index in [-0.39, 0.29) is 0 Å². The van der Waals surface area contributed by atoms with Gasteiger partial charge in [-0.2, -0.15) is 0 Å². The van der Waals surface area contributed by atoms with Crippen LogP contribution in [0.2, 0.25) is 5.02 Å². The van der Waals surface area contributed by atoms with Crippen molar-refractivity contribution in [3.05, 3.63) is 81.6 Å². The Labute approximate surface area is 232 Å². The van der Waals surface area contributed by atoms with Gasteiger partial charge in [0.25, 0.3) is 0 Å². The third kappa shape index (κ3) is 5.89. The Morgan fingerprint density at radius 2 is 1.87 bits per heavy atom. The first-order valence-corrected chi connectivity index (χ1v) is 14.4. The number of nitrogens with zero attached hydrogens (tertiary/aromatic N) is 4. The van der Waals surface area contributed by atoms with E-state index in [1.54, 1.807) is 6.20 Å². The van der Waals surface area contributed by atoms with Crippen molar-refractivity contribution < 1.29 is 0 Å². The average molecular weight is 530 g/mol. The second kappa shape index (κ2) is 11.5. The van der Waals surface area contributed by atoms with Crippen molar-refractivity contribution in [1.82, 2.24) is 14.9 Å². The topological polar surface area (TPSA) is 44.3 Å². The minimum Gasteiger partial charge on any atom is -0.371 e. The predicted molar refractivity (Wildman–Crippen MR) is 161 cm³/mol. The lowest BCUT2D eigenvalue weighted by Crippen LogP contribution is -2.43. The van der Waals surface area contributed by atoms with E-state index in [0.29, 0.717) is 22.9 Å². The lowest BCUT2D eigenvalue weighted by Gasteiger charge is -2.37. The maximum Gasteiger partial charge on any atom is 0.227 e. The van der Waals surface area contributed by atoms with Crippen LogP contribution in [-0.4, -0.2) is 47.6 Å². The Kier molecular flexibility index (Phi) is 8.06. The predicted octanol–water partition coefficient (Wildman–Crippen LogP) is 7.74. The molecule has 0 unspecified atom stereocenters. The van der Waals surface area contributed by atoms with Gasteiger partial charge < -0.3 is 15.1 Å². The Morgan fingerprint density at radius 3 is 2.53 bits per heavy atom. The molecule has 0 atom stereocenters. The maximum atomic E-state index is 6.65.